The lowest BCUT2D eigenvalue weighted by molar-refractivity contribution is -0.125. The van der Waals surface area contributed by atoms with Gasteiger partial charge in [-0.1, -0.05) is 12.1 Å². The number of ether oxygens (including phenoxy) is 1. The van der Waals surface area contributed by atoms with Crippen molar-refractivity contribution in [2.45, 2.75) is 31.3 Å². The lowest BCUT2D eigenvalue weighted by Crippen LogP contribution is -2.29. The van der Waals surface area contributed by atoms with Gasteiger partial charge in [-0.2, -0.15) is 0 Å². The quantitative estimate of drug-likeness (QED) is 0.818. The van der Waals surface area contributed by atoms with E-state index >= 15 is 0 Å². The van der Waals surface area contributed by atoms with E-state index < -0.39 is 15.6 Å². The van der Waals surface area contributed by atoms with Crippen molar-refractivity contribution in [1.82, 2.24) is 0 Å². The predicted molar refractivity (Wildman–Crippen MR) is 106 cm³/mol. The number of carbonyl (C=O) groups is 2. The van der Waals surface area contributed by atoms with E-state index in [1.54, 1.807) is 50.2 Å². The van der Waals surface area contributed by atoms with Crippen molar-refractivity contribution in [3.63, 3.8) is 0 Å². The van der Waals surface area contributed by atoms with Gasteiger partial charge in [-0.15, -0.1) is 0 Å². The van der Waals surface area contributed by atoms with E-state index in [4.69, 9.17) is 9.88 Å². The molecule has 3 N–H and O–H groups in total. The number of anilines is 1. The van der Waals surface area contributed by atoms with Crippen LogP contribution < -0.4 is 10.5 Å². The summed E-state index contributed by atoms with van der Waals surface area (Å²) in [6.07, 6.45) is 0. The number of amides is 1. The van der Waals surface area contributed by atoms with Gasteiger partial charge in [0.25, 0.3) is 0 Å². The minimum absolute atomic E-state index is 0.0263. The van der Waals surface area contributed by atoms with Crippen LogP contribution in [0.15, 0.2) is 53.4 Å². The van der Waals surface area contributed by atoms with Crippen LogP contribution in [0.4, 0.5) is 5.69 Å². The molecule has 146 valence electrons. The maximum absolute atomic E-state index is 12.9. The van der Waals surface area contributed by atoms with E-state index in [9.17, 15) is 18.0 Å². The second-order valence-electron chi connectivity index (χ2n) is 6.97. The van der Waals surface area contributed by atoms with Crippen molar-refractivity contribution >= 4 is 38.7 Å². The number of rotatable bonds is 4. The number of nitrogens with two attached hydrogens (primary N) is 1. The topological polar surface area (TPSA) is 116 Å². The fourth-order valence-electron chi connectivity index (χ4n) is 2.94. The molecule has 2 aromatic rings. The Morgan fingerprint density at radius 2 is 1.54 bits per heavy atom. The molecular weight excluding hydrogens is 380 g/mol. The molecule has 7 nitrogen and oxygen atoms in total. The lowest BCUT2D eigenvalue weighted by atomic mass is 9.92. The molecule has 0 aromatic heterocycles. The Labute approximate surface area is 163 Å². The average molecular weight is 400 g/mol. The van der Waals surface area contributed by atoms with E-state index in [0.717, 1.165) is 0 Å². The maximum atomic E-state index is 12.9. The highest BCUT2D eigenvalue weighted by Crippen LogP contribution is 2.41. The normalized spacial score (nSPS) is 16.1. The van der Waals surface area contributed by atoms with Crippen molar-refractivity contribution in [2.24, 2.45) is 5.14 Å². The molecule has 0 bridgehead atoms. The zero-order chi connectivity index (χ0) is 20.7. The highest BCUT2D eigenvalue weighted by atomic mass is 32.2. The molecule has 0 spiro atoms. The Hall–Kier alpha value is -2.97. The van der Waals surface area contributed by atoms with Crippen molar-refractivity contribution in [3.8, 4) is 0 Å². The van der Waals surface area contributed by atoms with Crippen LogP contribution in [0.5, 0.6) is 0 Å². The van der Waals surface area contributed by atoms with Crippen LogP contribution in [0.25, 0.3) is 11.3 Å². The summed E-state index contributed by atoms with van der Waals surface area (Å²) in [7, 11) is -3.82. The Kier molecular flexibility index (Phi) is 4.86. The molecule has 0 unspecified atom stereocenters. The second kappa shape index (κ2) is 6.88. The minimum atomic E-state index is -3.82. The van der Waals surface area contributed by atoms with Gasteiger partial charge in [0.15, 0.2) is 5.60 Å². The first-order valence-corrected chi connectivity index (χ1v) is 10.0. The van der Waals surface area contributed by atoms with E-state index in [1.165, 1.54) is 19.1 Å². The summed E-state index contributed by atoms with van der Waals surface area (Å²) >= 11 is 0. The Balaban J connectivity index is 2.08. The molecule has 1 aliphatic heterocycles. The molecule has 1 amide bonds. The van der Waals surface area contributed by atoms with E-state index in [2.05, 4.69) is 5.32 Å². The molecule has 0 saturated heterocycles. The number of benzene rings is 2. The summed E-state index contributed by atoms with van der Waals surface area (Å²) in [6.45, 7) is 4.76. The van der Waals surface area contributed by atoms with Crippen molar-refractivity contribution in [3.05, 3.63) is 59.7 Å². The number of carbonyl (C=O) groups excluding carboxylic acids is 2. The molecule has 0 fully saturated rings. The number of hydrogen-bond donors (Lipinski definition) is 2. The number of hydrogen-bond acceptors (Lipinski definition) is 5. The summed E-state index contributed by atoms with van der Waals surface area (Å²) in [5.41, 5.74) is 1.14. The molecule has 8 heteroatoms. The lowest BCUT2D eigenvalue weighted by Gasteiger charge is -2.17. The first kappa shape index (κ1) is 19.8. The molecule has 0 atom stereocenters. The van der Waals surface area contributed by atoms with Crippen LogP contribution in [-0.4, -0.2) is 25.7 Å². The molecule has 3 rings (SSSR count). The summed E-state index contributed by atoms with van der Waals surface area (Å²) in [6, 6.07) is 12.7. The summed E-state index contributed by atoms with van der Waals surface area (Å²) in [4.78, 5) is 24.1. The Morgan fingerprint density at radius 3 is 2.04 bits per heavy atom. The summed E-state index contributed by atoms with van der Waals surface area (Å²) in [5, 5.41) is 7.81. The van der Waals surface area contributed by atoms with Gasteiger partial charge in [0, 0.05) is 18.2 Å². The highest BCUT2D eigenvalue weighted by molar-refractivity contribution is 7.89. The summed E-state index contributed by atoms with van der Waals surface area (Å²) in [5.74, 6) is -0.0162. The molecule has 0 saturated carbocycles. The van der Waals surface area contributed by atoms with Gasteiger partial charge in [-0.25, -0.2) is 13.6 Å². The monoisotopic (exact) mass is 400 g/mol. The van der Waals surface area contributed by atoms with Crippen LogP contribution in [0.1, 0.15) is 31.9 Å². The van der Waals surface area contributed by atoms with Crippen LogP contribution >= 0.6 is 0 Å². The smallest absolute Gasteiger partial charge is 0.238 e. The first-order chi connectivity index (χ1) is 13.0. The van der Waals surface area contributed by atoms with Crippen LogP contribution in [0.2, 0.25) is 0 Å². The van der Waals surface area contributed by atoms with Crippen molar-refractivity contribution in [2.75, 3.05) is 5.32 Å². The number of primary sulfonamides is 1. The number of sulfonamides is 1. The molecular formula is C20H20N2O5S. The first-order valence-electron chi connectivity index (χ1n) is 8.48. The molecule has 2 aromatic carbocycles. The fourth-order valence-corrected chi connectivity index (χ4v) is 3.46. The third-order valence-corrected chi connectivity index (χ3v) is 5.23. The zero-order valence-corrected chi connectivity index (χ0v) is 16.5. The highest BCUT2D eigenvalue weighted by Gasteiger charge is 2.42. The summed E-state index contributed by atoms with van der Waals surface area (Å²) < 4.78 is 28.8. The number of ketones is 1. The van der Waals surface area contributed by atoms with Crippen LogP contribution in [0.3, 0.4) is 0 Å². The van der Waals surface area contributed by atoms with Gasteiger partial charge in [-0.05, 0) is 55.8 Å². The molecule has 28 heavy (non-hydrogen) atoms. The van der Waals surface area contributed by atoms with Crippen molar-refractivity contribution in [1.29, 1.82) is 0 Å². The van der Waals surface area contributed by atoms with Gasteiger partial charge < -0.3 is 10.1 Å². The molecule has 0 radical (unpaired) electrons. The standard InChI is InChI=1S/C20H20N2O5S/c1-12(23)22-15-8-4-13(5-9-15)17-18(27-20(2,3)19(17)24)14-6-10-16(11-7-14)28(21,25)26/h4-11H,1-3H3,(H,22,23)(H2,21,25,26). The third-order valence-electron chi connectivity index (χ3n) is 4.30. The SMILES string of the molecule is CC(=O)Nc1ccc(C2=C(c3ccc(S(N)(=O)=O)cc3)OC(C)(C)C2=O)cc1. The van der Waals surface area contributed by atoms with E-state index in [-0.39, 0.29) is 16.6 Å². The van der Waals surface area contributed by atoms with Crippen LogP contribution in [0, 0.1) is 0 Å². The van der Waals surface area contributed by atoms with Gasteiger partial charge in [0.2, 0.25) is 21.7 Å². The Morgan fingerprint density at radius 1 is 1.00 bits per heavy atom. The van der Waals surface area contributed by atoms with Gasteiger partial charge in [-0.3, -0.25) is 9.59 Å². The zero-order valence-electron chi connectivity index (χ0n) is 15.6. The maximum Gasteiger partial charge on any atom is 0.238 e. The van der Waals surface area contributed by atoms with Gasteiger partial charge in [0.05, 0.1) is 10.5 Å². The van der Waals surface area contributed by atoms with Gasteiger partial charge >= 0.3 is 0 Å². The second-order valence-corrected chi connectivity index (χ2v) is 8.53. The van der Waals surface area contributed by atoms with Gasteiger partial charge in [0.1, 0.15) is 5.76 Å². The molecule has 1 heterocycles. The minimum Gasteiger partial charge on any atom is -0.478 e. The fraction of sp³-hybridized carbons (Fsp3) is 0.200. The van der Waals surface area contributed by atoms with Crippen LogP contribution in [-0.2, 0) is 24.3 Å². The largest absolute Gasteiger partial charge is 0.478 e. The average Bonchev–Trinajstić information content (AvgIpc) is 2.85. The van der Waals surface area contributed by atoms with Crippen molar-refractivity contribution < 1.29 is 22.7 Å². The predicted octanol–water partition coefficient (Wildman–Crippen LogP) is 2.54. The molecule has 1 aliphatic rings. The third kappa shape index (κ3) is 3.83. The number of Topliss-reactive ketones (excluding diaryl/α,β-unsaturated/α-hetero) is 1. The number of nitrogens with one attached hydrogen (secondary N) is 1. The Bertz CT molecular complexity index is 1080. The van der Waals surface area contributed by atoms with E-state index in [0.29, 0.717) is 28.1 Å². The molecule has 0 aliphatic carbocycles. The van der Waals surface area contributed by atoms with E-state index in [1.807, 2.05) is 0 Å².